The fourth-order valence-electron chi connectivity index (χ4n) is 2.73. The Bertz CT molecular complexity index is 378. The van der Waals surface area contributed by atoms with Crippen molar-refractivity contribution in [1.82, 2.24) is 25.1 Å². The number of likely N-dealkylation sites (tertiary alicyclic amines) is 1. The largest absolute Gasteiger partial charge is 0.396 e. The van der Waals surface area contributed by atoms with E-state index in [1.54, 1.807) is 0 Å². The van der Waals surface area contributed by atoms with Crippen LogP contribution in [0.15, 0.2) is 0 Å². The zero-order chi connectivity index (χ0) is 13.7. The Hall–Kier alpha value is -1.01. The lowest BCUT2D eigenvalue weighted by atomic mass is 9.77. The van der Waals surface area contributed by atoms with Crippen LogP contribution in [0.1, 0.15) is 45.4 Å². The van der Waals surface area contributed by atoms with Crippen molar-refractivity contribution in [3.8, 4) is 0 Å². The zero-order valence-corrected chi connectivity index (χ0v) is 12.0. The van der Waals surface area contributed by atoms with Crippen LogP contribution in [-0.2, 0) is 13.1 Å². The van der Waals surface area contributed by atoms with Gasteiger partial charge >= 0.3 is 0 Å². The van der Waals surface area contributed by atoms with E-state index in [1.165, 1.54) is 0 Å². The lowest BCUT2D eigenvalue weighted by Gasteiger charge is -2.40. The Balaban J connectivity index is 1.90. The lowest BCUT2D eigenvalue weighted by Crippen LogP contribution is -2.41. The quantitative estimate of drug-likeness (QED) is 0.835. The molecular formula is C13H25N5O. The summed E-state index contributed by atoms with van der Waals surface area (Å²) < 4.78 is 1.90. The van der Waals surface area contributed by atoms with Gasteiger partial charge in [0.05, 0.1) is 6.54 Å². The first kappa shape index (κ1) is 14.4. The van der Waals surface area contributed by atoms with Crippen molar-refractivity contribution in [2.75, 3.05) is 19.7 Å². The van der Waals surface area contributed by atoms with Crippen molar-refractivity contribution in [2.45, 2.75) is 52.6 Å². The van der Waals surface area contributed by atoms with E-state index in [9.17, 15) is 5.11 Å². The van der Waals surface area contributed by atoms with Crippen molar-refractivity contribution >= 4 is 0 Å². The molecule has 2 heterocycles. The number of aliphatic hydroxyl groups is 1. The second kappa shape index (κ2) is 6.43. The fourth-order valence-corrected chi connectivity index (χ4v) is 2.73. The summed E-state index contributed by atoms with van der Waals surface area (Å²) in [6.07, 6.45) is 4.23. The monoisotopic (exact) mass is 267 g/mol. The molecule has 2 rings (SSSR count). The molecule has 1 aliphatic heterocycles. The molecule has 0 spiro atoms. The number of aryl methyl sites for hydroxylation is 1. The minimum atomic E-state index is 0.145. The molecule has 1 fully saturated rings. The van der Waals surface area contributed by atoms with Crippen LogP contribution < -0.4 is 0 Å². The van der Waals surface area contributed by atoms with Crippen LogP contribution in [0.3, 0.4) is 0 Å². The fraction of sp³-hybridized carbons (Fsp3) is 0.923. The summed E-state index contributed by atoms with van der Waals surface area (Å²) in [6.45, 7) is 8.35. The van der Waals surface area contributed by atoms with E-state index in [-0.39, 0.29) is 5.41 Å². The van der Waals surface area contributed by atoms with Crippen molar-refractivity contribution in [1.29, 1.82) is 0 Å². The predicted molar refractivity (Wildman–Crippen MR) is 72.4 cm³/mol. The molecule has 19 heavy (non-hydrogen) atoms. The lowest BCUT2D eigenvalue weighted by molar-refractivity contribution is 0.0369. The molecule has 1 aliphatic rings. The highest BCUT2D eigenvalue weighted by molar-refractivity contribution is 4.88. The molecule has 108 valence electrons. The molecule has 1 aromatic rings. The molecule has 1 saturated heterocycles. The average molecular weight is 267 g/mol. The third kappa shape index (κ3) is 3.30. The van der Waals surface area contributed by atoms with Gasteiger partial charge in [-0.2, -0.15) is 0 Å². The van der Waals surface area contributed by atoms with Gasteiger partial charge in [-0.3, -0.25) is 4.90 Å². The van der Waals surface area contributed by atoms with Crippen molar-refractivity contribution in [3.05, 3.63) is 5.82 Å². The van der Waals surface area contributed by atoms with Crippen molar-refractivity contribution in [2.24, 2.45) is 5.41 Å². The third-order valence-electron chi connectivity index (χ3n) is 4.41. The summed E-state index contributed by atoms with van der Waals surface area (Å²) in [7, 11) is 0. The molecule has 0 bridgehead atoms. The van der Waals surface area contributed by atoms with E-state index in [0.717, 1.165) is 57.7 Å². The summed E-state index contributed by atoms with van der Waals surface area (Å²) in [5.74, 6) is 0.954. The van der Waals surface area contributed by atoms with Crippen LogP contribution in [0.25, 0.3) is 0 Å². The van der Waals surface area contributed by atoms with Gasteiger partial charge in [-0.1, -0.05) is 13.8 Å². The molecule has 0 aliphatic carbocycles. The molecule has 0 amide bonds. The first-order valence-electron chi connectivity index (χ1n) is 7.31. The molecule has 0 radical (unpaired) electrons. The molecule has 0 unspecified atom stereocenters. The maximum Gasteiger partial charge on any atom is 0.165 e. The van der Waals surface area contributed by atoms with Gasteiger partial charge in [-0.15, -0.1) is 5.10 Å². The minimum absolute atomic E-state index is 0.145. The smallest absolute Gasteiger partial charge is 0.165 e. The normalized spacial score (nSPS) is 19.7. The number of tetrazole rings is 1. The van der Waals surface area contributed by atoms with E-state index >= 15 is 0 Å². The Morgan fingerprint density at radius 2 is 2.00 bits per heavy atom. The Morgan fingerprint density at radius 3 is 2.58 bits per heavy atom. The van der Waals surface area contributed by atoms with Gasteiger partial charge in [0.25, 0.3) is 0 Å². The Labute approximate surface area is 114 Å². The molecule has 6 heteroatoms. The number of nitrogens with zero attached hydrogens (tertiary/aromatic N) is 5. The van der Waals surface area contributed by atoms with Crippen LogP contribution in [0.4, 0.5) is 0 Å². The van der Waals surface area contributed by atoms with Crippen LogP contribution in [-0.4, -0.2) is 49.9 Å². The highest BCUT2D eigenvalue weighted by Gasteiger charge is 2.32. The van der Waals surface area contributed by atoms with Crippen LogP contribution in [0.2, 0.25) is 0 Å². The van der Waals surface area contributed by atoms with Crippen LogP contribution in [0, 0.1) is 5.41 Å². The second-order valence-corrected chi connectivity index (χ2v) is 5.61. The van der Waals surface area contributed by atoms with E-state index in [0.29, 0.717) is 6.61 Å². The molecule has 0 atom stereocenters. The highest BCUT2D eigenvalue weighted by atomic mass is 16.3. The molecule has 6 nitrogen and oxygen atoms in total. The van der Waals surface area contributed by atoms with E-state index in [4.69, 9.17) is 0 Å². The highest BCUT2D eigenvalue weighted by Crippen LogP contribution is 2.34. The molecule has 0 saturated carbocycles. The summed E-state index contributed by atoms with van der Waals surface area (Å²) in [5.41, 5.74) is 0.145. The second-order valence-electron chi connectivity index (χ2n) is 5.61. The Kier molecular flexibility index (Phi) is 4.87. The number of aromatic nitrogens is 4. The minimum Gasteiger partial charge on any atom is -0.396 e. The summed E-state index contributed by atoms with van der Waals surface area (Å²) in [6, 6.07) is 0. The number of hydrogen-bond acceptors (Lipinski definition) is 5. The molecule has 0 aromatic carbocycles. The van der Waals surface area contributed by atoms with Gasteiger partial charge in [0.2, 0.25) is 0 Å². The van der Waals surface area contributed by atoms with Gasteiger partial charge in [0, 0.05) is 13.2 Å². The summed E-state index contributed by atoms with van der Waals surface area (Å²) in [4.78, 5) is 2.39. The van der Waals surface area contributed by atoms with E-state index in [1.807, 2.05) is 4.68 Å². The number of hydrogen-bond donors (Lipinski definition) is 1. The van der Waals surface area contributed by atoms with E-state index < -0.39 is 0 Å². The summed E-state index contributed by atoms with van der Waals surface area (Å²) >= 11 is 0. The van der Waals surface area contributed by atoms with E-state index in [2.05, 4.69) is 34.3 Å². The zero-order valence-electron chi connectivity index (χ0n) is 12.0. The van der Waals surface area contributed by atoms with Crippen LogP contribution >= 0.6 is 0 Å². The Morgan fingerprint density at radius 1 is 1.26 bits per heavy atom. The molecule has 1 aromatic heterocycles. The number of rotatable bonds is 6. The van der Waals surface area contributed by atoms with Crippen molar-refractivity contribution in [3.63, 3.8) is 0 Å². The first-order valence-corrected chi connectivity index (χ1v) is 7.31. The van der Waals surface area contributed by atoms with Gasteiger partial charge in [-0.25, -0.2) is 4.68 Å². The SMILES string of the molecule is CCCn1nnnc1CN1CCC(CC)(CO)CC1. The predicted octanol–water partition coefficient (Wildman–Crippen LogP) is 1.07. The average Bonchev–Trinajstić information content (AvgIpc) is 2.88. The number of piperidine rings is 1. The van der Waals surface area contributed by atoms with Gasteiger partial charge in [-0.05, 0) is 54.6 Å². The number of aliphatic hydroxyl groups excluding tert-OH is 1. The maximum absolute atomic E-state index is 9.54. The van der Waals surface area contributed by atoms with Gasteiger partial charge in [0.15, 0.2) is 5.82 Å². The molecular weight excluding hydrogens is 242 g/mol. The van der Waals surface area contributed by atoms with Gasteiger partial charge < -0.3 is 5.11 Å². The first-order chi connectivity index (χ1) is 9.23. The molecule has 1 N–H and O–H groups in total. The van der Waals surface area contributed by atoms with Crippen LogP contribution in [0.5, 0.6) is 0 Å². The summed E-state index contributed by atoms with van der Waals surface area (Å²) in [5, 5.41) is 21.4. The standard InChI is InChI=1S/C13H25N5O/c1-3-7-18-12(14-15-16-18)10-17-8-5-13(4-2,11-19)6-9-17/h19H,3-11H2,1-2H3. The van der Waals surface area contributed by atoms with Gasteiger partial charge in [0.1, 0.15) is 0 Å². The third-order valence-corrected chi connectivity index (χ3v) is 4.41. The van der Waals surface area contributed by atoms with Crippen molar-refractivity contribution < 1.29 is 5.11 Å². The maximum atomic E-state index is 9.54. The topological polar surface area (TPSA) is 67.1 Å².